The number of carbonyl (C=O) groups excluding carboxylic acids is 3. The fourth-order valence-electron chi connectivity index (χ4n) is 7.99. The molecule has 4 saturated carbocycles. The summed E-state index contributed by atoms with van der Waals surface area (Å²) in [4.78, 5) is 49.4. The molecule has 4 fully saturated rings. The SMILES string of the molecule is CC(C)(C)OC(=O)N1CC2CC2c2nc(C3(NC(=O)c4ccc(F)cc4)CC3)ccc21.O=C(NC1(c2ccc3c(n2)C2CC2CN3)CC1)c1ccc(F)cc1. The van der Waals surface area contributed by atoms with Crippen LogP contribution >= 0.6 is 0 Å². The molecule has 4 aromatic rings. The third-order valence-electron chi connectivity index (χ3n) is 11.7. The molecule has 0 bridgehead atoms. The Hall–Kier alpha value is -5.39. The van der Waals surface area contributed by atoms with Gasteiger partial charge in [-0.1, -0.05) is 0 Å². The maximum atomic E-state index is 13.2. The number of benzene rings is 2. The Balaban J connectivity index is 0.000000149. The molecule has 4 heterocycles. The van der Waals surface area contributed by atoms with Crippen molar-refractivity contribution in [1.82, 2.24) is 20.6 Å². The number of anilines is 2. The van der Waals surface area contributed by atoms with Gasteiger partial charge in [0.05, 0.1) is 45.2 Å². The lowest BCUT2D eigenvalue weighted by Gasteiger charge is -2.31. The number of carbonyl (C=O) groups is 3. The van der Waals surface area contributed by atoms with Crippen molar-refractivity contribution in [3.8, 4) is 0 Å². The summed E-state index contributed by atoms with van der Waals surface area (Å²) in [5.74, 6) is 0.960. The standard InChI is InChI=1S/C24H26FN3O3.C19H18FN3O/c1-23(2,3)31-22(30)28-13-15-12-17(15)20-18(28)8-9-19(26-20)24(10-11-24)27-21(29)14-4-6-16(25)7-5-14;20-13-3-1-11(2-4-13)18(24)23-19(7-8-19)16-6-5-15-17(22-16)14-9-12(14)10-21-15/h4-9,15,17H,10-13H2,1-3H3,(H,27,29);1-6,12,14,21H,7-10H2,(H,23,24). The van der Waals surface area contributed by atoms with Crippen LogP contribution < -0.4 is 20.9 Å². The zero-order valence-corrected chi connectivity index (χ0v) is 31.1. The molecule has 10 nitrogen and oxygen atoms in total. The van der Waals surface area contributed by atoms with Gasteiger partial charge in [-0.2, -0.15) is 0 Å². The quantitative estimate of drug-likeness (QED) is 0.185. The van der Waals surface area contributed by atoms with Gasteiger partial charge in [0.2, 0.25) is 0 Å². The van der Waals surface area contributed by atoms with Crippen molar-refractivity contribution in [2.75, 3.05) is 23.3 Å². The summed E-state index contributed by atoms with van der Waals surface area (Å²) < 4.78 is 31.8. The predicted molar refractivity (Wildman–Crippen MR) is 202 cm³/mol. The Morgan fingerprint density at radius 3 is 1.78 bits per heavy atom. The molecular formula is C43H44F2N6O4. The predicted octanol–water partition coefficient (Wildman–Crippen LogP) is 7.67. The number of nitrogens with zero attached hydrogens (tertiary/aromatic N) is 3. The van der Waals surface area contributed by atoms with Crippen molar-refractivity contribution in [3.63, 3.8) is 0 Å². The molecule has 2 aromatic heterocycles. The monoisotopic (exact) mass is 746 g/mol. The first kappa shape index (κ1) is 35.3. The summed E-state index contributed by atoms with van der Waals surface area (Å²) in [7, 11) is 0. The minimum Gasteiger partial charge on any atom is -0.443 e. The first-order chi connectivity index (χ1) is 26.3. The van der Waals surface area contributed by atoms with Crippen molar-refractivity contribution in [2.45, 2.75) is 87.8 Å². The molecule has 10 rings (SSSR count). The molecule has 4 atom stereocenters. The third kappa shape index (κ3) is 7.02. The molecule has 0 saturated heterocycles. The van der Waals surface area contributed by atoms with E-state index < -0.39 is 11.1 Å². The summed E-state index contributed by atoms with van der Waals surface area (Å²) >= 11 is 0. The van der Waals surface area contributed by atoms with Gasteiger partial charge in [-0.05, 0) is 144 Å². The highest BCUT2D eigenvalue weighted by Crippen LogP contribution is 2.56. The normalized spacial score (nSPS) is 23.8. The molecule has 3 amide bonds. The number of aromatic nitrogens is 2. The van der Waals surface area contributed by atoms with Crippen molar-refractivity contribution >= 4 is 29.3 Å². The minimum absolute atomic E-state index is 0.172. The van der Waals surface area contributed by atoms with E-state index in [4.69, 9.17) is 14.7 Å². The van der Waals surface area contributed by atoms with E-state index in [-0.39, 0.29) is 35.1 Å². The maximum Gasteiger partial charge on any atom is 0.414 e. The van der Waals surface area contributed by atoms with Crippen LogP contribution in [0.1, 0.15) is 115 Å². The summed E-state index contributed by atoms with van der Waals surface area (Å²) in [5, 5.41) is 9.64. The van der Waals surface area contributed by atoms with Crippen molar-refractivity contribution in [2.24, 2.45) is 11.8 Å². The maximum absolute atomic E-state index is 13.2. The lowest BCUT2D eigenvalue weighted by molar-refractivity contribution is 0.0576. The number of rotatable bonds is 6. The van der Waals surface area contributed by atoms with Crippen LogP contribution in [0.3, 0.4) is 0 Å². The first-order valence-corrected chi connectivity index (χ1v) is 19.2. The Bertz CT molecular complexity index is 2200. The zero-order valence-electron chi connectivity index (χ0n) is 31.1. The fraction of sp³-hybridized carbons (Fsp3) is 0.419. The molecule has 3 N–H and O–H groups in total. The van der Waals surface area contributed by atoms with E-state index in [1.54, 1.807) is 4.90 Å². The molecule has 6 aliphatic rings. The van der Waals surface area contributed by atoms with Crippen LogP contribution in [0, 0.1) is 23.5 Å². The van der Waals surface area contributed by atoms with Gasteiger partial charge in [0.15, 0.2) is 0 Å². The van der Waals surface area contributed by atoms with Crippen molar-refractivity contribution in [3.05, 3.63) is 118 Å². The second-order valence-corrected chi connectivity index (χ2v) is 17.0. The van der Waals surface area contributed by atoms with E-state index in [1.165, 1.54) is 55.0 Å². The smallest absolute Gasteiger partial charge is 0.414 e. The van der Waals surface area contributed by atoms with Crippen LogP contribution in [-0.4, -0.2) is 46.6 Å². The molecule has 284 valence electrons. The summed E-state index contributed by atoms with van der Waals surface area (Å²) in [6.07, 6.45) is 5.27. The van der Waals surface area contributed by atoms with E-state index in [0.717, 1.165) is 78.7 Å². The highest BCUT2D eigenvalue weighted by molar-refractivity contribution is 5.95. The number of hydrogen-bond acceptors (Lipinski definition) is 7. The van der Waals surface area contributed by atoms with Gasteiger partial charge in [-0.3, -0.25) is 24.5 Å². The molecule has 4 aliphatic carbocycles. The lowest BCUT2D eigenvalue weighted by atomic mass is 10.0. The van der Waals surface area contributed by atoms with E-state index in [0.29, 0.717) is 35.4 Å². The van der Waals surface area contributed by atoms with E-state index >= 15 is 0 Å². The number of nitrogens with one attached hydrogen (secondary N) is 3. The highest BCUT2D eigenvalue weighted by Gasteiger charge is 2.52. The van der Waals surface area contributed by atoms with Crippen molar-refractivity contribution in [1.29, 1.82) is 0 Å². The summed E-state index contributed by atoms with van der Waals surface area (Å²) in [5.41, 5.74) is 5.26. The molecule has 2 aliphatic heterocycles. The molecular weight excluding hydrogens is 703 g/mol. The largest absolute Gasteiger partial charge is 0.443 e. The third-order valence-corrected chi connectivity index (χ3v) is 11.7. The van der Waals surface area contributed by atoms with E-state index in [9.17, 15) is 23.2 Å². The van der Waals surface area contributed by atoms with Gasteiger partial charge in [0.1, 0.15) is 17.2 Å². The molecule has 0 radical (unpaired) electrons. The molecule has 2 aromatic carbocycles. The Labute approximate surface area is 318 Å². The van der Waals surface area contributed by atoms with E-state index in [1.807, 2.05) is 39.0 Å². The molecule has 12 heteroatoms. The zero-order chi connectivity index (χ0) is 38.3. The molecule has 4 unspecified atom stereocenters. The summed E-state index contributed by atoms with van der Waals surface area (Å²) in [6.45, 7) is 7.28. The average Bonchev–Trinajstić information content (AvgIpc) is 3.95. The minimum atomic E-state index is -0.562. The van der Waals surface area contributed by atoms with Crippen LogP contribution in [0.5, 0.6) is 0 Å². The molecule has 0 spiro atoms. The summed E-state index contributed by atoms with van der Waals surface area (Å²) in [6, 6.07) is 19.1. The van der Waals surface area contributed by atoms with Gasteiger partial charge in [0.25, 0.3) is 11.8 Å². The van der Waals surface area contributed by atoms with Gasteiger partial charge < -0.3 is 20.7 Å². The number of pyridine rings is 2. The second kappa shape index (κ2) is 12.8. The Morgan fingerprint density at radius 2 is 1.24 bits per heavy atom. The van der Waals surface area contributed by atoms with Crippen molar-refractivity contribution < 1.29 is 27.9 Å². The lowest BCUT2D eigenvalue weighted by Crippen LogP contribution is -2.41. The number of hydrogen-bond donors (Lipinski definition) is 3. The number of halogens is 2. The van der Waals surface area contributed by atoms with Crippen LogP contribution in [0.15, 0.2) is 72.8 Å². The van der Waals surface area contributed by atoms with E-state index in [2.05, 4.69) is 22.0 Å². The van der Waals surface area contributed by atoms with Gasteiger partial charge >= 0.3 is 6.09 Å². The first-order valence-electron chi connectivity index (χ1n) is 19.2. The number of amides is 3. The van der Waals surface area contributed by atoms with Crippen LogP contribution in [0.25, 0.3) is 0 Å². The van der Waals surface area contributed by atoms with Gasteiger partial charge in [-0.25, -0.2) is 13.6 Å². The Morgan fingerprint density at radius 1 is 0.727 bits per heavy atom. The second-order valence-electron chi connectivity index (χ2n) is 17.0. The van der Waals surface area contributed by atoms with Gasteiger partial charge in [0, 0.05) is 36.1 Å². The van der Waals surface area contributed by atoms with Crippen LogP contribution in [0.4, 0.5) is 25.0 Å². The van der Waals surface area contributed by atoms with Gasteiger partial charge in [-0.15, -0.1) is 0 Å². The fourth-order valence-corrected chi connectivity index (χ4v) is 7.99. The van der Waals surface area contributed by atoms with Crippen LogP contribution in [-0.2, 0) is 15.8 Å². The number of ether oxygens (including phenoxy) is 1. The van der Waals surface area contributed by atoms with Crippen LogP contribution in [0.2, 0.25) is 0 Å². The highest BCUT2D eigenvalue weighted by atomic mass is 19.1. The number of fused-ring (bicyclic) bond motifs is 6. The average molecular weight is 747 g/mol. The Kier molecular flexibility index (Phi) is 8.25. The topological polar surface area (TPSA) is 126 Å². The molecule has 55 heavy (non-hydrogen) atoms.